The third-order valence-corrected chi connectivity index (χ3v) is 4.44. The predicted octanol–water partition coefficient (Wildman–Crippen LogP) is 3.17. The molecule has 0 spiro atoms. The Labute approximate surface area is 126 Å². The van der Waals surface area contributed by atoms with E-state index in [1.54, 1.807) is 12.1 Å². The van der Waals surface area contributed by atoms with Crippen LogP contribution in [0.2, 0.25) is 0 Å². The number of aromatic nitrogens is 1. The summed E-state index contributed by atoms with van der Waals surface area (Å²) in [6, 6.07) is 3.56. The van der Waals surface area contributed by atoms with Gasteiger partial charge in [0.2, 0.25) is 0 Å². The molecule has 4 nitrogen and oxygen atoms in total. The highest BCUT2D eigenvalue weighted by atomic mass is 32.2. The van der Waals surface area contributed by atoms with Crippen molar-refractivity contribution in [2.45, 2.75) is 12.4 Å². The van der Waals surface area contributed by atoms with Gasteiger partial charge in [-0.1, -0.05) is 0 Å². The molecule has 0 aliphatic rings. The number of carbonyl (C=O) groups is 1. The third kappa shape index (κ3) is 4.01. The summed E-state index contributed by atoms with van der Waals surface area (Å²) in [5.41, 5.74) is 2.71. The topological polar surface area (TPSA) is 68.0 Å². The van der Waals surface area contributed by atoms with Crippen molar-refractivity contribution in [3.05, 3.63) is 22.7 Å². The summed E-state index contributed by atoms with van der Waals surface area (Å²) in [5, 5.41) is 3.11. The number of nitrogens with one attached hydrogen (secondary N) is 1. The second kappa shape index (κ2) is 6.10. The first-order valence-electron chi connectivity index (χ1n) is 5.92. The van der Waals surface area contributed by atoms with Crippen molar-refractivity contribution in [3.8, 4) is 0 Å². The van der Waals surface area contributed by atoms with Gasteiger partial charge in [-0.15, -0.1) is 11.3 Å². The molecule has 0 unspecified atom stereocenters. The van der Waals surface area contributed by atoms with Crippen molar-refractivity contribution < 1.29 is 18.0 Å². The lowest BCUT2D eigenvalue weighted by atomic mass is 10.2. The van der Waals surface area contributed by atoms with Crippen LogP contribution >= 0.6 is 23.1 Å². The molecule has 0 radical (unpaired) electrons. The number of thiophene rings is 1. The number of carbonyl (C=O) groups excluding carboxylic acids is 1. The molecule has 2 rings (SSSR count). The van der Waals surface area contributed by atoms with Gasteiger partial charge in [-0.3, -0.25) is 4.79 Å². The monoisotopic (exact) mass is 335 g/mol. The Morgan fingerprint density at radius 3 is 2.86 bits per heavy atom. The maximum atomic E-state index is 12.0. The number of pyridine rings is 1. The molecular formula is C12H12F3N3OS2. The second-order valence-electron chi connectivity index (χ2n) is 4.20. The molecule has 1 amide bonds. The van der Waals surface area contributed by atoms with E-state index in [2.05, 4.69) is 10.3 Å². The molecule has 2 heterocycles. The van der Waals surface area contributed by atoms with Gasteiger partial charge in [0.25, 0.3) is 5.91 Å². The largest absolute Gasteiger partial charge is 0.441 e. The van der Waals surface area contributed by atoms with Gasteiger partial charge in [0, 0.05) is 23.4 Å². The molecule has 0 bridgehead atoms. The molecule has 9 heteroatoms. The maximum Gasteiger partial charge on any atom is 0.441 e. The van der Waals surface area contributed by atoms with Crippen LogP contribution in [0, 0.1) is 6.92 Å². The number of aryl methyl sites for hydroxylation is 1. The number of thioether (sulfide) groups is 1. The van der Waals surface area contributed by atoms with Crippen LogP contribution < -0.4 is 11.1 Å². The number of rotatable bonds is 4. The molecule has 21 heavy (non-hydrogen) atoms. The van der Waals surface area contributed by atoms with Gasteiger partial charge in [0.15, 0.2) is 0 Å². The fraction of sp³-hybridized carbons (Fsp3) is 0.333. The third-order valence-electron chi connectivity index (χ3n) is 2.59. The molecule has 114 valence electrons. The van der Waals surface area contributed by atoms with Crippen molar-refractivity contribution in [1.29, 1.82) is 0 Å². The Bertz CT molecular complexity index is 670. The summed E-state index contributed by atoms with van der Waals surface area (Å²) in [7, 11) is 0. The maximum absolute atomic E-state index is 12.0. The van der Waals surface area contributed by atoms with Crippen LogP contribution in [0.25, 0.3) is 10.2 Å². The number of hydrogen-bond acceptors (Lipinski definition) is 5. The Hall–Kier alpha value is -1.48. The second-order valence-corrected chi connectivity index (χ2v) is 6.36. The van der Waals surface area contributed by atoms with Crippen LogP contribution in [0.4, 0.5) is 18.9 Å². The van der Waals surface area contributed by atoms with Crippen LogP contribution in [0.3, 0.4) is 0 Å². The molecule has 0 saturated heterocycles. The lowest BCUT2D eigenvalue weighted by molar-refractivity contribution is -0.0327. The quantitative estimate of drug-likeness (QED) is 0.842. The Balaban J connectivity index is 2.04. The fourth-order valence-corrected chi connectivity index (χ4v) is 3.16. The molecule has 3 N–H and O–H groups in total. The minimum absolute atomic E-state index is 0.0802. The minimum Gasteiger partial charge on any atom is -0.397 e. The summed E-state index contributed by atoms with van der Waals surface area (Å²) in [5.74, 6) is -0.715. The van der Waals surface area contributed by atoms with Crippen molar-refractivity contribution in [2.24, 2.45) is 0 Å². The van der Waals surface area contributed by atoms with Gasteiger partial charge < -0.3 is 11.1 Å². The van der Waals surface area contributed by atoms with E-state index in [-0.39, 0.29) is 28.9 Å². The number of hydrogen-bond donors (Lipinski definition) is 2. The van der Waals surface area contributed by atoms with E-state index >= 15 is 0 Å². The number of halogens is 3. The van der Waals surface area contributed by atoms with Crippen LogP contribution in [0.5, 0.6) is 0 Å². The van der Waals surface area contributed by atoms with Crippen molar-refractivity contribution in [3.63, 3.8) is 0 Å². The number of anilines is 1. The highest BCUT2D eigenvalue weighted by Crippen LogP contribution is 2.32. The SMILES string of the molecule is Cc1ccc2c(N)c(C(=O)NCCSC(F)(F)F)sc2n1. The standard InChI is InChI=1S/C12H12F3N3OS2/c1-6-2-3-7-8(16)9(21-11(7)18-6)10(19)17-4-5-20-12(13,14)15/h2-3H,4-5,16H2,1H3,(H,17,19). The zero-order valence-electron chi connectivity index (χ0n) is 11.0. The zero-order chi connectivity index (χ0) is 15.6. The van der Waals surface area contributed by atoms with Gasteiger partial charge in [-0.2, -0.15) is 13.2 Å². The summed E-state index contributed by atoms with van der Waals surface area (Å²) in [4.78, 5) is 17.1. The highest BCUT2D eigenvalue weighted by molar-refractivity contribution is 8.00. The first kappa shape index (κ1) is 15.9. The summed E-state index contributed by atoms with van der Waals surface area (Å²) in [6.07, 6.45) is 0. The Morgan fingerprint density at radius 2 is 2.19 bits per heavy atom. The van der Waals surface area contributed by atoms with Gasteiger partial charge in [0.05, 0.1) is 5.69 Å². The van der Waals surface area contributed by atoms with Crippen molar-refractivity contribution in [1.82, 2.24) is 10.3 Å². The first-order chi connectivity index (χ1) is 9.78. The lowest BCUT2D eigenvalue weighted by Gasteiger charge is -2.06. The van der Waals surface area contributed by atoms with E-state index in [1.165, 1.54) is 0 Å². The van der Waals surface area contributed by atoms with E-state index < -0.39 is 11.4 Å². The highest BCUT2D eigenvalue weighted by Gasteiger charge is 2.27. The average molecular weight is 335 g/mol. The van der Waals surface area contributed by atoms with Gasteiger partial charge in [-0.05, 0) is 30.8 Å². The predicted molar refractivity (Wildman–Crippen MR) is 79.6 cm³/mol. The van der Waals surface area contributed by atoms with Crippen molar-refractivity contribution >= 4 is 44.9 Å². The van der Waals surface area contributed by atoms with Crippen LogP contribution in [0.15, 0.2) is 12.1 Å². The van der Waals surface area contributed by atoms with E-state index in [0.29, 0.717) is 15.9 Å². The average Bonchev–Trinajstić information content (AvgIpc) is 2.70. The van der Waals surface area contributed by atoms with Crippen LogP contribution in [-0.4, -0.2) is 28.7 Å². The zero-order valence-corrected chi connectivity index (χ0v) is 12.6. The molecule has 0 aromatic carbocycles. The van der Waals surface area contributed by atoms with E-state index in [4.69, 9.17) is 5.73 Å². The fourth-order valence-electron chi connectivity index (χ4n) is 1.67. The summed E-state index contributed by atoms with van der Waals surface area (Å²) in [6.45, 7) is 1.74. The molecule has 2 aromatic heterocycles. The van der Waals surface area contributed by atoms with E-state index in [9.17, 15) is 18.0 Å². The first-order valence-corrected chi connectivity index (χ1v) is 7.72. The number of alkyl halides is 3. The Kier molecular flexibility index (Phi) is 4.62. The number of nitrogens with two attached hydrogens (primary N) is 1. The van der Waals surface area contributed by atoms with Crippen molar-refractivity contribution in [2.75, 3.05) is 18.0 Å². The minimum atomic E-state index is -4.29. The smallest absolute Gasteiger partial charge is 0.397 e. The number of nitrogens with zero attached hydrogens (tertiary/aromatic N) is 1. The summed E-state index contributed by atoms with van der Waals surface area (Å²) >= 11 is 0.960. The molecule has 0 aliphatic heterocycles. The molecule has 0 saturated carbocycles. The number of nitrogen functional groups attached to an aromatic ring is 1. The van der Waals surface area contributed by atoms with Crippen LogP contribution in [0.1, 0.15) is 15.4 Å². The molecule has 2 aromatic rings. The normalized spacial score (nSPS) is 11.8. The number of fused-ring (bicyclic) bond motifs is 1. The molecular weight excluding hydrogens is 323 g/mol. The van der Waals surface area contributed by atoms with Gasteiger partial charge in [0.1, 0.15) is 9.71 Å². The van der Waals surface area contributed by atoms with E-state index in [1.807, 2.05) is 6.92 Å². The number of amides is 1. The van der Waals surface area contributed by atoms with Crippen LogP contribution in [-0.2, 0) is 0 Å². The lowest BCUT2D eigenvalue weighted by Crippen LogP contribution is -2.26. The molecule has 0 fully saturated rings. The molecule has 0 atom stereocenters. The van der Waals surface area contributed by atoms with Gasteiger partial charge in [-0.25, -0.2) is 4.98 Å². The van der Waals surface area contributed by atoms with E-state index in [0.717, 1.165) is 17.0 Å². The van der Waals surface area contributed by atoms with Gasteiger partial charge >= 0.3 is 5.51 Å². The Morgan fingerprint density at radius 1 is 1.48 bits per heavy atom. The summed E-state index contributed by atoms with van der Waals surface area (Å²) < 4.78 is 35.9. The molecule has 0 aliphatic carbocycles.